The Labute approximate surface area is 103 Å². The molecule has 88 valence electrons. The van der Waals surface area contributed by atoms with Crippen molar-refractivity contribution in [2.45, 2.75) is 13.8 Å². The molecule has 6 heteroatoms. The highest BCUT2D eigenvalue weighted by Gasteiger charge is 2.10. The number of nitrogens with two attached hydrogens (primary N) is 2. The van der Waals surface area contributed by atoms with Crippen molar-refractivity contribution in [3.63, 3.8) is 0 Å². The summed E-state index contributed by atoms with van der Waals surface area (Å²) in [6, 6.07) is 3.93. The molecule has 0 aliphatic heterocycles. The Kier molecular flexibility index (Phi) is 3.06. The van der Waals surface area contributed by atoms with Gasteiger partial charge in [0.1, 0.15) is 5.69 Å². The van der Waals surface area contributed by atoms with E-state index >= 15 is 0 Å². The van der Waals surface area contributed by atoms with Crippen molar-refractivity contribution >= 4 is 22.4 Å². The third-order valence-corrected chi connectivity index (χ3v) is 3.03. The lowest BCUT2D eigenvalue weighted by molar-refractivity contribution is 1.23. The van der Waals surface area contributed by atoms with Gasteiger partial charge in [-0.3, -0.25) is 4.98 Å². The Morgan fingerprint density at radius 1 is 1.35 bits per heavy atom. The van der Waals surface area contributed by atoms with Crippen LogP contribution < -0.4 is 11.5 Å². The van der Waals surface area contributed by atoms with Gasteiger partial charge in [-0.2, -0.15) is 4.99 Å². The Balaban J connectivity index is 2.46. The van der Waals surface area contributed by atoms with Crippen LogP contribution in [-0.2, 0) is 0 Å². The van der Waals surface area contributed by atoms with E-state index in [1.54, 1.807) is 6.20 Å². The SMILES string of the molecule is Cc1ccnc(-c2nc(N=C(N)N)sc2C)c1. The molecule has 0 aliphatic rings. The fourth-order valence-electron chi connectivity index (χ4n) is 1.44. The molecule has 2 aromatic heterocycles. The first-order valence-corrected chi connectivity index (χ1v) is 5.88. The fourth-order valence-corrected chi connectivity index (χ4v) is 2.25. The van der Waals surface area contributed by atoms with Crippen LogP contribution in [0.4, 0.5) is 5.13 Å². The van der Waals surface area contributed by atoms with Crippen LogP contribution in [0.25, 0.3) is 11.4 Å². The van der Waals surface area contributed by atoms with Crippen molar-refractivity contribution in [3.05, 3.63) is 28.8 Å². The molecule has 5 nitrogen and oxygen atoms in total. The molecule has 4 N–H and O–H groups in total. The van der Waals surface area contributed by atoms with Gasteiger partial charge in [0.2, 0.25) is 5.13 Å². The zero-order valence-corrected chi connectivity index (χ0v) is 10.5. The summed E-state index contributed by atoms with van der Waals surface area (Å²) in [5, 5.41) is 0.556. The zero-order chi connectivity index (χ0) is 12.4. The van der Waals surface area contributed by atoms with Gasteiger partial charge in [-0.15, -0.1) is 0 Å². The first-order chi connectivity index (χ1) is 8.06. The van der Waals surface area contributed by atoms with Crippen LogP contribution in [0, 0.1) is 13.8 Å². The van der Waals surface area contributed by atoms with Crippen LogP contribution in [0.1, 0.15) is 10.4 Å². The molecule has 0 saturated carbocycles. The maximum absolute atomic E-state index is 5.33. The normalized spacial score (nSPS) is 10.2. The topological polar surface area (TPSA) is 90.2 Å². The molecule has 2 rings (SSSR count). The average Bonchev–Trinajstić information content (AvgIpc) is 2.58. The standard InChI is InChI=1S/C11H13N5S/c1-6-3-4-14-8(5-6)9-7(2)17-11(15-9)16-10(12)13/h3-5H,1-2H3,(H4,12,13,15,16). The molecule has 0 spiro atoms. The van der Waals surface area contributed by atoms with Gasteiger partial charge < -0.3 is 11.5 Å². The van der Waals surface area contributed by atoms with Crippen LogP contribution in [0.3, 0.4) is 0 Å². The summed E-state index contributed by atoms with van der Waals surface area (Å²) in [6.45, 7) is 3.99. The summed E-state index contributed by atoms with van der Waals surface area (Å²) in [6.07, 6.45) is 1.77. The van der Waals surface area contributed by atoms with Crippen molar-refractivity contribution in [1.29, 1.82) is 0 Å². The minimum absolute atomic E-state index is 0.0162. The highest BCUT2D eigenvalue weighted by atomic mass is 32.1. The van der Waals surface area contributed by atoms with Gasteiger partial charge in [0.05, 0.1) is 5.69 Å². The number of aliphatic imine (C=N–C) groups is 1. The summed E-state index contributed by atoms with van der Waals surface area (Å²) in [7, 11) is 0. The minimum Gasteiger partial charge on any atom is -0.370 e. The number of aryl methyl sites for hydroxylation is 2. The van der Waals surface area contributed by atoms with Gasteiger partial charge in [0, 0.05) is 11.1 Å². The second-order valence-corrected chi connectivity index (χ2v) is 4.84. The number of rotatable bonds is 2. The minimum atomic E-state index is 0.0162. The molecule has 0 radical (unpaired) electrons. The van der Waals surface area contributed by atoms with Gasteiger partial charge >= 0.3 is 0 Å². The van der Waals surface area contributed by atoms with Gasteiger partial charge in [-0.05, 0) is 31.5 Å². The summed E-state index contributed by atoms with van der Waals surface area (Å²) in [4.78, 5) is 13.7. The molecule has 2 heterocycles. The van der Waals surface area contributed by atoms with Gasteiger partial charge in [-0.25, -0.2) is 4.98 Å². The highest BCUT2D eigenvalue weighted by Crippen LogP contribution is 2.30. The molecule has 0 saturated heterocycles. The zero-order valence-electron chi connectivity index (χ0n) is 9.64. The maximum Gasteiger partial charge on any atom is 0.213 e. The molecular formula is C11H13N5S. The smallest absolute Gasteiger partial charge is 0.213 e. The Hall–Kier alpha value is -1.95. The van der Waals surface area contributed by atoms with Crippen molar-refractivity contribution in [1.82, 2.24) is 9.97 Å². The number of hydrogen-bond donors (Lipinski definition) is 2. The van der Waals surface area contributed by atoms with Gasteiger partial charge in [0.15, 0.2) is 5.96 Å². The Bertz CT molecular complexity index is 569. The molecule has 17 heavy (non-hydrogen) atoms. The van der Waals surface area contributed by atoms with E-state index in [0.29, 0.717) is 5.13 Å². The van der Waals surface area contributed by atoms with Gasteiger partial charge in [0.25, 0.3) is 0 Å². The Morgan fingerprint density at radius 3 is 2.76 bits per heavy atom. The number of guanidine groups is 1. The lowest BCUT2D eigenvalue weighted by Crippen LogP contribution is -2.21. The lowest BCUT2D eigenvalue weighted by Gasteiger charge is -1.98. The van der Waals surface area contributed by atoms with E-state index in [1.165, 1.54) is 11.3 Å². The molecule has 0 atom stereocenters. The fraction of sp³-hybridized carbons (Fsp3) is 0.182. The number of thiazole rings is 1. The lowest BCUT2D eigenvalue weighted by atomic mass is 10.2. The van der Waals surface area contributed by atoms with E-state index in [0.717, 1.165) is 21.8 Å². The molecule has 0 fully saturated rings. The maximum atomic E-state index is 5.33. The molecular weight excluding hydrogens is 234 g/mol. The van der Waals surface area contributed by atoms with Crippen LogP contribution >= 0.6 is 11.3 Å². The third kappa shape index (κ3) is 2.59. The van der Waals surface area contributed by atoms with Crippen molar-refractivity contribution in [3.8, 4) is 11.4 Å². The van der Waals surface area contributed by atoms with E-state index in [2.05, 4.69) is 15.0 Å². The predicted octanol–water partition coefficient (Wildman–Crippen LogP) is 1.73. The monoisotopic (exact) mass is 247 g/mol. The van der Waals surface area contributed by atoms with Crippen molar-refractivity contribution in [2.24, 2.45) is 16.5 Å². The molecule has 2 aromatic rings. The second kappa shape index (κ2) is 4.50. The number of hydrogen-bond acceptors (Lipinski definition) is 4. The van der Waals surface area contributed by atoms with Crippen LogP contribution in [0.5, 0.6) is 0 Å². The molecule has 0 amide bonds. The van der Waals surface area contributed by atoms with Crippen molar-refractivity contribution in [2.75, 3.05) is 0 Å². The number of aromatic nitrogens is 2. The van der Waals surface area contributed by atoms with E-state index in [-0.39, 0.29) is 5.96 Å². The predicted molar refractivity (Wildman–Crippen MR) is 70.3 cm³/mol. The van der Waals surface area contributed by atoms with E-state index in [9.17, 15) is 0 Å². The molecule has 0 unspecified atom stereocenters. The number of nitrogens with zero attached hydrogens (tertiary/aromatic N) is 3. The average molecular weight is 247 g/mol. The first-order valence-electron chi connectivity index (χ1n) is 5.06. The summed E-state index contributed by atoms with van der Waals surface area (Å²) in [5.74, 6) is 0.0162. The summed E-state index contributed by atoms with van der Waals surface area (Å²) in [5.41, 5.74) is 13.5. The van der Waals surface area contributed by atoms with E-state index < -0.39 is 0 Å². The molecule has 0 aliphatic carbocycles. The van der Waals surface area contributed by atoms with E-state index in [4.69, 9.17) is 11.5 Å². The van der Waals surface area contributed by atoms with Crippen LogP contribution in [0.15, 0.2) is 23.3 Å². The summed E-state index contributed by atoms with van der Waals surface area (Å²) < 4.78 is 0. The van der Waals surface area contributed by atoms with Crippen LogP contribution in [0.2, 0.25) is 0 Å². The van der Waals surface area contributed by atoms with Crippen LogP contribution in [-0.4, -0.2) is 15.9 Å². The summed E-state index contributed by atoms with van der Waals surface area (Å²) >= 11 is 1.44. The second-order valence-electron chi connectivity index (χ2n) is 3.66. The van der Waals surface area contributed by atoms with Gasteiger partial charge in [-0.1, -0.05) is 11.3 Å². The van der Waals surface area contributed by atoms with Crippen molar-refractivity contribution < 1.29 is 0 Å². The first kappa shape index (κ1) is 11.5. The molecule has 0 bridgehead atoms. The Morgan fingerprint density at radius 2 is 2.12 bits per heavy atom. The highest BCUT2D eigenvalue weighted by molar-refractivity contribution is 7.15. The van der Waals surface area contributed by atoms with E-state index in [1.807, 2.05) is 26.0 Å². The number of pyridine rings is 1. The molecule has 0 aromatic carbocycles. The third-order valence-electron chi connectivity index (χ3n) is 2.17. The quantitative estimate of drug-likeness (QED) is 0.624. The largest absolute Gasteiger partial charge is 0.370 e.